The predicted molar refractivity (Wildman–Crippen MR) is 103 cm³/mol. The lowest BCUT2D eigenvalue weighted by atomic mass is 10.1. The van der Waals surface area contributed by atoms with Crippen LogP contribution < -0.4 is 0 Å². The van der Waals surface area contributed by atoms with Crippen LogP contribution in [-0.2, 0) is 4.79 Å². The number of carbonyl (C=O) groups excluding carboxylic acids is 1. The Balaban J connectivity index is 2.00. The Kier molecular flexibility index (Phi) is 5.78. The molecule has 0 N–H and O–H groups in total. The first kappa shape index (κ1) is 18.3. The molecule has 0 spiro atoms. The summed E-state index contributed by atoms with van der Waals surface area (Å²) >= 11 is 3.42. The van der Waals surface area contributed by atoms with Crippen molar-refractivity contribution in [1.29, 1.82) is 0 Å². The molecule has 0 saturated carbocycles. The van der Waals surface area contributed by atoms with E-state index in [0.29, 0.717) is 18.9 Å². The number of aromatic nitrogens is 4. The van der Waals surface area contributed by atoms with Gasteiger partial charge in [-0.2, -0.15) is 0 Å². The molecular formula is C19H20BrN5O. The Morgan fingerprint density at radius 2 is 1.73 bits per heavy atom. The highest BCUT2D eigenvalue weighted by atomic mass is 79.9. The SMILES string of the molecule is CCN(CC)C(=O)C(c1ccccc1)n1nnc(-c2ccc(Br)cc2)n1. The standard InChI is InChI=1S/C19H20BrN5O/c1-3-24(4-2)19(26)17(14-8-6-5-7-9-14)25-22-18(21-23-25)15-10-12-16(20)13-11-15/h5-13,17H,3-4H2,1-2H3. The summed E-state index contributed by atoms with van der Waals surface area (Å²) in [7, 11) is 0. The van der Waals surface area contributed by atoms with Crippen molar-refractivity contribution >= 4 is 21.8 Å². The van der Waals surface area contributed by atoms with Gasteiger partial charge in [0.25, 0.3) is 5.91 Å². The zero-order chi connectivity index (χ0) is 18.5. The van der Waals surface area contributed by atoms with E-state index in [4.69, 9.17) is 0 Å². The van der Waals surface area contributed by atoms with Gasteiger partial charge in [0.1, 0.15) is 0 Å². The van der Waals surface area contributed by atoms with Crippen molar-refractivity contribution in [1.82, 2.24) is 25.1 Å². The lowest BCUT2D eigenvalue weighted by Crippen LogP contribution is -2.38. The summed E-state index contributed by atoms with van der Waals surface area (Å²) in [4.78, 5) is 16.3. The van der Waals surface area contributed by atoms with E-state index in [9.17, 15) is 4.79 Å². The summed E-state index contributed by atoms with van der Waals surface area (Å²) in [5.41, 5.74) is 1.69. The Labute approximate surface area is 161 Å². The van der Waals surface area contributed by atoms with Gasteiger partial charge in [0, 0.05) is 23.1 Å². The molecule has 1 aromatic heterocycles. The number of benzene rings is 2. The summed E-state index contributed by atoms with van der Waals surface area (Å²) in [6.07, 6.45) is 0. The van der Waals surface area contributed by atoms with Gasteiger partial charge >= 0.3 is 0 Å². The van der Waals surface area contributed by atoms with Gasteiger partial charge in [-0.3, -0.25) is 4.79 Å². The van der Waals surface area contributed by atoms with Gasteiger partial charge < -0.3 is 4.90 Å². The van der Waals surface area contributed by atoms with E-state index >= 15 is 0 Å². The van der Waals surface area contributed by atoms with Gasteiger partial charge in [0.05, 0.1) is 0 Å². The molecule has 3 rings (SSSR count). The second kappa shape index (κ2) is 8.23. The molecular weight excluding hydrogens is 394 g/mol. The van der Waals surface area contributed by atoms with Crippen molar-refractivity contribution in [2.75, 3.05) is 13.1 Å². The highest BCUT2D eigenvalue weighted by Crippen LogP contribution is 2.22. The molecule has 0 saturated heterocycles. The van der Waals surface area contributed by atoms with E-state index in [1.54, 1.807) is 4.90 Å². The first-order valence-electron chi connectivity index (χ1n) is 8.53. The quantitative estimate of drug-likeness (QED) is 0.619. The summed E-state index contributed by atoms with van der Waals surface area (Å²) in [6.45, 7) is 5.19. The zero-order valence-electron chi connectivity index (χ0n) is 14.7. The van der Waals surface area contributed by atoms with Crippen LogP contribution >= 0.6 is 15.9 Å². The summed E-state index contributed by atoms with van der Waals surface area (Å²) in [5, 5.41) is 12.8. The zero-order valence-corrected chi connectivity index (χ0v) is 16.3. The molecule has 7 heteroatoms. The molecule has 26 heavy (non-hydrogen) atoms. The minimum absolute atomic E-state index is 0.0408. The largest absolute Gasteiger partial charge is 0.341 e. The van der Waals surface area contributed by atoms with Gasteiger partial charge in [0.15, 0.2) is 6.04 Å². The normalized spacial score (nSPS) is 12.0. The number of rotatable bonds is 6. The average Bonchev–Trinajstić information content (AvgIpc) is 3.14. The van der Waals surface area contributed by atoms with E-state index in [0.717, 1.165) is 15.6 Å². The topological polar surface area (TPSA) is 63.9 Å². The van der Waals surface area contributed by atoms with Crippen LogP contribution in [0.3, 0.4) is 0 Å². The maximum atomic E-state index is 13.1. The maximum absolute atomic E-state index is 13.1. The van der Waals surface area contributed by atoms with Gasteiger partial charge in [0.2, 0.25) is 5.82 Å². The fourth-order valence-corrected chi connectivity index (χ4v) is 3.03. The van der Waals surface area contributed by atoms with Crippen molar-refractivity contribution in [3.05, 3.63) is 64.6 Å². The molecule has 0 radical (unpaired) electrons. The molecule has 3 aromatic rings. The minimum Gasteiger partial charge on any atom is -0.341 e. The van der Waals surface area contributed by atoms with Crippen LogP contribution in [0.15, 0.2) is 59.1 Å². The number of tetrazole rings is 1. The lowest BCUT2D eigenvalue weighted by Gasteiger charge is -2.24. The first-order chi connectivity index (χ1) is 12.6. The molecule has 1 heterocycles. The number of halogens is 1. The van der Waals surface area contributed by atoms with Crippen molar-refractivity contribution in [2.24, 2.45) is 0 Å². The molecule has 1 unspecified atom stereocenters. The van der Waals surface area contributed by atoms with Crippen LogP contribution in [0.25, 0.3) is 11.4 Å². The average molecular weight is 414 g/mol. The van der Waals surface area contributed by atoms with Crippen molar-refractivity contribution < 1.29 is 4.79 Å². The Bertz CT molecular complexity index is 859. The first-order valence-corrected chi connectivity index (χ1v) is 9.32. The van der Waals surface area contributed by atoms with Gasteiger partial charge in [-0.25, -0.2) is 0 Å². The fourth-order valence-electron chi connectivity index (χ4n) is 2.77. The van der Waals surface area contributed by atoms with Crippen LogP contribution in [0.4, 0.5) is 0 Å². The van der Waals surface area contributed by atoms with Crippen molar-refractivity contribution in [3.8, 4) is 11.4 Å². The van der Waals surface area contributed by atoms with E-state index in [1.165, 1.54) is 4.80 Å². The lowest BCUT2D eigenvalue weighted by molar-refractivity contribution is -0.133. The van der Waals surface area contributed by atoms with Gasteiger partial charge in [-0.1, -0.05) is 46.3 Å². The number of amides is 1. The summed E-state index contributed by atoms with van der Waals surface area (Å²) in [5.74, 6) is 0.451. The third-order valence-corrected chi connectivity index (χ3v) is 4.71. The monoisotopic (exact) mass is 413 g/mol. The Morgan fingerprint density at radius 1 is 1.08 bits per heavy atom. The molecule has 0 aliphatic carbocycles. The van der Waals surface area contributed by atoms with Crippen LogP contribution in [0.2, 0.25) is 0 Å². The molecule has 0 bridgehead atoms. The number of hydrogen-bond donors (Lipinski definition) is 0. The molecule has 0 fully saturated rings. The van der Waals surface area contributed by atoms with E-state index in [1.807, 2.05) is 68.4 Å². The van der Waals surface area contributed by atoms with E-state index in [2.05, 4.69) is 31.3 Å². The van der Waals surface area contributed by atoms with Crippen LogP contribution in [0, 0.1) is 0 Å². The molecule has 2 aromatic carbocycles. The van der Waals surface area contributed by atoms with Crippen molar-refractivity contribution in [3.63, 3.8) is 0 Å². The Hall–Kier alpha value is -2.54. The maximum Gasteiger partial charge on any atom is 0.253 e. The number of carbonyl (C=O) groups is 1. The third-order valence-electron chi connectivity index (χ3n) is 4.19. The summed E-state index contributed by atoms with van der Waals surface area (Å²) in [6, 6.07) is 16.6. The molecule has 134 valence electrons. The molecule has 0 aliphatic rings. The highest BCUT2D eigenvalue weighted by Gasteiger charge is 2.28. The second-order valence-corrected chi connectivity index (χ2v) is 6.68. The third kappa shape index (κ3) is 3.83. The van der Waals surface area contributed by atoms with Crippen LogP contribution in [-0.4, -0.2) is 44.1 Å². The van der Waals surface area contributed by atoms with Gasteiger partial charge in [-0.15, -0.1) is 15.0 Å². The van der Waals surface area contributed by atoms with E-state index < -0.39 is 6.04 Å². The second-order valence-electron chi connectivity index (χ2n) is 5.76. The van der Waals surface area contributed by atoms with E-state index in [-0.39, 0.29) is 5.91 Å². The van der Waals surface area contributed by atoms with Crippen LogP contribution in [0.5, 0.6) is 0 Å². The molecule has 6 nitrogen and oxygen atoms in total. The molecule has 0 aliphatic heterocycles. The van der Waals surface area contributed by atoms with Crippen LogP contribution in [0.1, 0.15) is 25.5 Å². The van der Waals surface area contributed by atoms with Gasteiger partial charge in [-0.05, 0) is 48.9 Å². The Morgan fingerprint density at radius 3 is 2.35 bits per heavy atom. The predicted octanol–water partition coefficient (Wildman–Crippen LogP) is 3.56. The highest BCUT2D eigenvalue weighted by molar-refractivity contribution is 9.10. The number of hydrogen-bond acceptors (Lipinski definition) is 4. The molecule has 1 atom stereocenters. The smallest absolute Gasteiger partial charge is 0.253 e. The summed E-state index contributed by atoms with van der Waals surface area (Å²) < 4.78 is 0.979. The van der Waals surface area contributed by atoms with Crippen molar-refractivity contribution in [2.45, 2.75) is 19.9 Å². The number of likely N-dealkylation sites (N-methyl/N-ethyl adjacent to an activating group) is 1. The fraction of sp³-hybridized carbons (Fsp3) is 0.263. The molecule has 1 amide bonds. The minimum atomic E-state index is -0.632. The number of nitrogens with zero attached hydrogens (tertiary/aromatic N) is 5.